The summed E-state index contributed by atoms with van der Waals surface area (Å²) in [6.45, 7) is 0. The Morgan fingerprint density at radius 1 is 1.47 bits per heavy atom. The predicted molar refractivity (Wildman–Crippen MR) is 73.6 cm³/mol. The average Bonchev–Trinajstić information content (AvgIpc) is 2.77. The molecule has 1 aromatic rings. The molecule has 0 aliphatic heterocycles. The fraction of sp³-hybridized carbons (Fsp3) is 0.636. The third-order valence-electron chi connectivity index (χ3n) is 3.37. The molecule has 0 aromatic carbocycles. The number of H-pyrrole nitrogens is 1. The highest BCUT2D eigenvalue weighted by atomic mass is 32.2. The van der Waals surface area contributed by atoms with E-state index in [0.29, 0.717) is 0 Å². The average molecular weight is 285 g/mol. The van der Waals surface area contributed by atoms with Crippen molar-refractivity contribution in [2.24, 2.45) is 11.7 Å². The molecule has 0 amide bonds. The van der Waals surface area contributed by atoms with Gasteiger partial charge < -0.3 is 5.73 Å². The first-order valence-electron chi connectivity index (χ1n) is 6.36. The van der Waals surface area contributed by atoms with Crippen LogP contribution in [0, 0.1) is 11.3 Å². The summed E-state index contributed by atoms with van der Waals surface area (Å²) in [5, 5.41) is 13.6. The second-order valence-electron chi connectivity index (χ2n) is 4.96. The Morgan fingerprint density at radius 2 is 2.16 bits per heavy atom. The van der Waals surface area contributed by atoms with Crippen molar-refractivity contribution in [3.63, 3.8) is 0 Å². The molecule has 0 radical (unpaired) electrons. The van der Waals surface area contributed by atoms with Crippen LogP contribution in [-0.4, -0.2) is 30.2 Å². The van der Waals surface area contributed by atoms with E-state index < -0.39 is 10.0 Å². The molecule has 1 fully saturated rings. The predicted octanol–water partition coefficient (Wildman–Crippen LogP) is 1.02. The minimum Gasteiger partial charge on any atom is -0.384 e. The van der Waals surface area contributed by atoms with E-state index >= 15 is 0 Å². The zero-order valence-corrected chi connectivity index (χ0v) is 11.5. The van der Waals surface area contributed by atoms with Crippen LogP contribution in [0.1, 0.15) is 37.7 Å². The van der Waals surface area contributed by atoms with E-state index in [4.69, 9.17) is 11.1 Å². The van der Waals surface area contributed by atoms with Gasteiger partial charge >= 0.3 is 0 Å². The minimum absolute atomic E-state index is 0.114. The van der Waals surface area contributed by atoms with E-state index in [0.717, 1.165) is 25.7 Å². The standard InChI is InChI=1S/C11H19N5O2S/c12-10(13)9-6-14-15-11(9)16-19(17,18)7-8-4-2-1-3-5-8/h6,8H,1-5,7H2,(H3,12,13)(H2,14,15,16). The number of sulfonamides is 1. The van der Waals surface area contributed by atoms with Crippen molar-refractivity contribution >= 4 is 21.7 Å². The number of anilines is 1. The molecule has 1 saturated carbocycles. The maximum Gasteiger partial charge on any atom is 0.234 e. The fourth-order valence-electron chi connectivity index (χ4n) is 2.43. The maximum absolute atomic E-state index is 12.1. The van der Waals surface area contributed by atoms with Gasteiger partial charge in [-0.3, -0.25) is 15.2 Å². The second-order valence-corrected chi connectivity index (χ2v) is 6.73. The normalized spacial score (nSPS) is 17.3. The number of nitrogens with two attached hydrogens (primary N) is 1. The molecular formula is C11H19N5O2S. The Kier molecular flexibility index (Phi) is 4.08. The third kappa shape index (κ3) is 3.69. The number of hydrogen-bond acceptors (Lipinski definition) is 4. The van der Waals surface area contributed by atoms with Gasteiger partial charge in [-0.05, 0) is 18.8 Å². The fourth-order valence-corrected chi connectivity index (χ4v) is 3.93. The molecule has 2 rings (SSSR count). The number of nitrogen functional groups attached to an aromatic ring is 1. The van der Waals surface area contributed by atoms with Crippen LogP contribution in [0.15, 0.2) is 6.20 Å². The van der Waals surface area contributed by atoms with E-state index in [2.05, 4.69) is 14.9 Å². The summed E-state index contributed by atoms with van der Waals surface area (Å²) >= 11 is 0. The molecule has 0 bridgehead atoms. The zero-order chi connectivity index (χ0) is 13.9. The molecular weight excluding hydrogens is 266 g/mol. The SMILES string of the molecule is N=C(N)c1cn[nH]c1NS(=O)(=O)CC1CCCCC1. The van der Waals surface area contributed by atoms with Crippen LogP contribution in [0.2, 0.25) is 0 Å². The summed E-state index contributed by atoms with van der Waals surface area (Å²) in [6, 6.07) is 0. The molecule has 1 heterocycles. The molecule has 0 saturated heterocycles. The van der Waals surface area contributed by atoms with Gasteiger partial charge in [-0.2, -0.15) is 5.10 Å². The van der Waals surface area contributed by atoms with Crippen molar-refractivity contribution in [2.45, 2.75) is 32.1 Å². The highest BCUT2D eigenvalue weighted by Gasteiger charge is 2.22. The molecule has 1 aliphatic rings. The first-order valence-corrected chi connectivity index (χ1v) is 8.01. The highest BCUT2D eigenvalue weighted by molar-refractivity contribution is 7.92. The van der Waals surface area contributed by atoms with E-state index in [9.17, 15) is 8.42 Å². The largest absolute Gasteiger partial charge is 0.384 e. The quantitative estimate of drug-likeness (QED) is 0.476. The number of nitrogens with one attached hydrogen (secondary N) is 3. The summed E-state index contributed by atoms with van der Waals surface area (Å²) in [5.74, 6) is 0.283. The van der Waals surface area contributed by atoms with Gasteiger partial charge in [0.2, 0.25) is 10.0 Å². The Hall–Kier alpha value is -1.57. The molecule has 5 N–H and O–H groups in total. The van der Waals surface area contributed by atoms with Gasteiger partial charge in [-0.15, -0.1) is 0 Å². The van der Waals surface area contributed by atoms with Gasteiger partial charge in [0.1, 0.15) is 11.7 Å². The van der Waals surface area contributed by atoms with E-state index in [1.54, 1.807) is 0 Å². The molecule has 8 heteroatoms. The van der Waals surface area contributed by atoms with Crippen molar-refractivity contribution in [1.82, 2.24) is 10.2 Å². The second kappa shape index (κ2) is 5.60. The lowest BCUT2D eigenvalue weighted by Crippen LogP contribution is -2.25. The number of aromatic amines is 1. The van der Waals surface area contributed by atoms with E-state index in [1.807, 2.05) is 0 Å². The number of rotatable bonds is 5. The summed E-state index contributed by atoms with van der Waals surface area (Å²) in [5.41, 5.74) is 5.62. The van der Waals surface area contributed by atoms with Crippen LogP contribution in [0.5, 0.6) is 0 Å². The summed E-state index contributed by atoms with van der Waals surface area (Å²) in [6.07, 6.45) is 6.65. The number of nitrogens with zero attached hydrogens (tertiary/aromatic N) is 1. The van der Waals surface area contributed by atoms with Gasteiger partial charge in [-0.25, -0.2) is 8.42 Å². The van der Waals surface area contributed by atoms with Gasteiger partial charge in [0.25, 0.3) is 0 Å². The lowest BCUT2D eigenvalue weighted by atomic mass is 9.91. The van der Waals surface area contributed by atoms with Crippen LogP contribution < -0.4 is 10.5 Å². The van der Waals surface area contributed by atoms with E-state index in [1.165, 1.54) is 12.6 Å². The van der Waals surface area contributed by atoms with Crippen LogP contribution in [0.25, 0.3) is 0 Å². The third-order valence-corrected chi connectivity index (χ3v) is 4.79. The van der Waals surface area contributed by atoms with Crippen LogP contribution in [0.3, 0.4) is 0 Å². The summed E-state index contributed by atoms with van der Waals surface area (Å²) in [4.78, 5) is 0. The van der Waals surface area contributed by atoms with Gasteiger partial charge in [0, 0.05) is 0 Å². The van der Waals surface area contributed by atoms with Crippen molar-refractivity contribution in [3.05, 3.63) is 11.8 Å². The van der Waals surface area contributed by atoms with Crippen LogP contribution in [0.4, 0.5) is 5.82 Å². The Labute approximate surface area is 112 Å². The number of amidine groups is 1. The Bertz CT molecular complexity index is 545. The maximum atomic E-state index is 12.1. The van der Waals surface area contributed by atoms with Gasteiger partial charge in [0.05, 0.1) is 17.5 Å². The van der Waals surface area contributed by atoms with E-state index in [-0.39, 0.29) is 28.9 Å². The first-order chi connectivity index (χ1) is 8.98. The molecule has 106 valence electrons. The lowest BCUT2D eigenvalue weighted by molar-refractivity contribution is 0.385. The van der Waals surface area contributed by atoms with Crippen molar-refractivity contribution < 1.29 is 8.42 Å². The highest BCUT2D eigenvalue weighted by Crippen LogP contribution is 2.25. The Morgan fingerprint density at radius 3 is 2.79 bits per heavy atom. The minimum atomic E-state index is -3.43. The number of aromatic nitrogens is 2. The van der Waals surface area contributed by atoms with Gasteiger partial charge in [-0.1, -0.05) is 19.3 Å². The van der Waals surface area contributed by atoms with Crippen LogP contribution >= 0.6 is 0 Å². The molecule has 1 aromatic heterocycles. The topological polar surface area (TPSA) is 125 Å². The Balaban J connectivity index is 2.04. The van der Waals surface area contributed by atoms with Crippen molar-refractivity contribution in [2.75, 3.05) is 10.5 Å². The van der Waals surface area contributed by atoms with Crippen molar-refractivity contribution in [1.29, 1.82) is 5.41 Å². The van der Waals surface area contributed by atoms with Crippen molar-refractivity contribution in [3.8, 4) is 0 Å². The smallest absolute Gasteiger partial charge is 0.234 e. The molecule has 0 unspecified atom stereocenters. The van der Waals surface area contributed by atoms with Gasteiger partial charge in [0.15, 0.2) is 0 Å². The summed E-state index contributed by atoms with van der Waals surface area (Å²) in [7, 11) is -3.43. The van der Waals surface area contributed by atoms with Crippen LogP contribution in [-0.2, 0) is 10.0 Å². The molecule has 0 atom stereocenters. The lowest BCUT2D eigenvalue weighted by Gasteiger charge is -2.21. The molecule has 1 aliphatic carbocycles. The number of hydrogen-bond donors (Lipinski definition) is 4. The zero-order valence-electron chi connectivity index (χ0n) is 10.6. The molecule has 7 nitrogen and oxygen atoms in total. The molecule has 19 heavy (non-hydrogen) atoms. The first kappa shape index (κ1) is 13.9. The summed E-state index contributed by atoms with van der Waals surface area (Å²) < 4.78 is 26.6. The monoisotopic (exact) mass is 285 g/mol. The molecule has 0 spiro atoms.